The Morgan fingerprint density at radius 1 is 1.33 bits per heavy atom. The van der Waals surface area contributed by atoms with Crippen molar-refractivity contribution in [2.24, 2.45) is 0 Å². The fourth-order valence-corrected chi connectivity index (χ4v) is 3.27. The summed E-state index contributed by atoms with van der Waals surface area (Å²) in [6, 6.07) is 3.63. The highest BCUT2D eigenvalue weighted by molar-refractivity contribution is 9.10. The third-order valence-electron chi connectivity index (χ3n) is 4.08. The second kappa shape index (κ2) is 6.35. The summed E-state index contributed by atoms with van der Waals surface area (Å²) in [6.45, 7) is 6.65. The second-order valence-electron chi connectivity index (χ2n) is 7.11. The average Bonchev–Trinajstić information content (AvgIpc) is 2.83. The molecule has 0 atom stereocenters. The van der Waals surface area contributed by atoms with Crippen molar-refractivity contribution in [1.82, 2.24) is 14.3 Å². The molecule has 0 bridgehead atoms. The van der Waals surface area contributed by atoms with Crippen LogP contribution in [0.3, 0.4) is 0 Å². The summed E-state index contributed by atoms with van der Waals surface area (Å²) < 4.78 is 22.3. The topological polar surface area (TPSA) is 46.8 Å². The van der Waals surface area contributed by atoms with Crippen molar-refractivity contribution >= 4 is 27.7 Å². The van der Waals surface area contributed by atoms with Crippen molar-refractivity contribution in [2.75, 3.05) is 13.1 Å². The van der Waals surface area contributed by atoms with E-state index in [0.29, 0.717) is 37.3 Å². The van der Waals surface area contributed by atoms with Crippen LogP contribution in [-0.2, 0) is 4.74 Å². The Hall–Kier alpha value is -1.63. The predicted octanol–water partition coefficient (Wildman–Crippen LogP) is 4.35. The SMILES string of the molecule is CC(C)(C)OC(=O)N1CCC(c2nc3ccc(Br)cn3c2F)CC1. The zero-order valence-electron chi connectivity index (χ0n) is 14.1. The van der Waals surface area contributed by atoms with Crippen molar-refractivity contribution in [3.05, 3.63) is 34.4 Å². The van der Waals surface area contributed by atoms with Crippen LogP contribution < -0.4 is 0 Å². The smallest absolute Gasteiger partial charge is 0.410 e. The van der Waals surface area contributed by atoms with Gasteiger partial charge in [0.15, 0.2) is 0 Å². The Kier molecular flexibility index (Phi) is 4.55. The highest BCUT2D eigenvalue weighted by Gasteiger charge is 2.30. The maximum atomic E-state index is 14.6. The Morgan fingerprint density at radius 3 is 2.62 bits per heavy atom. The molecule has 2 aromatic heterocycles. The van der Waals surface area contributed by atoms with Crippen molar-refractivity contribution in [3.8, 4) is 0 Å². The van der Waals surface area contributed by atoms with Crippen LogP contribution in [0, 0.1) is 5.95 Å². The minimum atomic E-state index is -0.505. The van der Waals surface area contributed by atoms with Crippen LogP contribution in [0.2, 0.25) is 0 Å². The lowest BCUT2D eigenvalue weighted by molar-refractivity contribution is 0.0203. The van der Waals surface area contributed by atoms with Crippen LogP contribution >= 0.6 is 15.9 Å². The number of hydrogen-bond acceptors (Lipinski definition) is 3. The number of ether oxygens (including phenoxy) is 1. The first-order valence-corrected chi connectivity index (χ1v) is 8.85. The number of amides is 1. The van der Waals surface area contributed by atoms with Gasteiger partial charge >= 0.3 is 6.09 Å². The zero-order valence-corrected chi connectivity index (χ0v) is 15.6. The van der Waals surface area contributed by atoms with Gasteiger partial charge in [-0.3, -0.25) is 4.40 Å². The first-order chi connectivity index (χ1) is 11.2. The molecule has 3 heterocycles. The van der Waals surface area contributed by atoms with Gasteiger partial charge in [0.25, 0.3) is 0 Å². The molecule has 0 saturated carbocycles. The number of carbonyl (C=O) groups excluding carboxylic acids is 1. The molecule has 0 aliphatic carbocycles. The van der Waals surface area contributed by atoms with Gasteiger partial charge in [0.05, 0.1) is 5.69 Å². The Balaban J connectivity index is 1.71. The third-order valence-corrected chi connectivity index (χ3v) is 4.55. The number of aromatic nitrogens is 2. The molecule has 2 aromatic rings. The number of carbonyl (C=O) groups is 1. The molecule has 24 heavy (non-hydrogen) atoms. The molecular weight excluding hydrogens is 377 g/mol. The number of pyridine rings is 1. The summed E-state index contributed by atoms with van der Waals surface area (Å²) in [5.41, 5.74) is 0.576. The molecule has 5 nitrogen and oxygen atoms in total. The van der Waals surface area contributed by atoms with Crippen LogP contribution in [0.25, 0.3) is 5.65 Å². The summed E-state index contributed by atoms with van der Waals surface area (Å²) in [4.78, 5) is 18.2. The normalized spacial score (nSPS) is 16.6. The Morgan fingerprint density at radius 2 is 2.00 bits per heavy atom. The van der Waals surface area contributed by atoms with Gasteiger partial charge in [-0.25, -0.2) is 9.78 Å². The van der Waals surface area contributed by atoms with Crippen LogP contribution in [0.5, 0.6) is 0 Å². The molecule has 3 rings (SSSR count). The second-order valence-corrected chi connectivity index (χ2v) is 8.02. The van der Waals surface area contributed by atoms with E-state index in [2.05, 4.69) is 20.9 Å². The van der Waals surface area contributed by atoms with E-state index in [1.807, 2.05) is 26.8 Å². The van der Waals surface area contributed by atoms with Gasteiger partial charge in [-0.15, -0.1) is 0 Å². The van der Waals surface area contributed by atoms with Crippen LogP contribution in [0.1, 0.15) is 45.2 Å². The van der Waals surface area contributed by atoms with E-state index in [1.54, 1.807) is 17.2 Å². The molecule has 0 N–H and O–H groups in total. The lowest BCUT2D eigenvalue weighted by Crippen LogP contribution is -2.41. The monoisotopic (exact) mass is 397 g/mol. The van der Waals surface area contributed by atoms with Crippen molar-refractivity contribution < 1.29 is 13.9 Å². The van der Waals surface area contributed by atoms with E-state index in [1.165, 1.54) is 4.40 Å². The number of hydrogen-bond donors (Lipinski definition) is 0. The van der Waals surface area contributed by atoms with E-state index in [-0.39, 0.29) is 18.0 Å². The minimum absolute atomic E-state index is 0.0161. The number of rotatable bonds is 1. The first-order valence-electron chi connectivity index (χ1n) is 8.05. The van der Waals surface area contributed by atoms with Gasteiger partial charge in [-0.2, -0.15) is 4.39 Å². The quantitative estimate of drug-likeness (QED) is 0.718. The molecule has 1 aliphatic heterocycles. The summed E-state index contributed by atoms with van der Waals surface area (Å²) in [6.07, 6.45) is 2.74. The molecule has 7 heteroatoms. The van der Waals surface area contributed by atoms with Gasteiger partial charge < -0.3 is 9.64 Å². The van der Waals surface area contributed by atoms with Crippen molar-refractivity contribution in [1.29, 1.82) is 0 Å². The maximum absolute atomic E-state index is 14.6. The van der Waals surface area contributed by atoms with Gasteiger partial charge in [0.1, 0.15) is 11.2 Å². The maximum Gasteiger partial charge on any atom is 0.410 e. The summed E-state index contributed by atoms with van der Waals surface area (Å²) in [7, 11) is 0. The molecule has 0 radical (unpaired) electrons. The molecule has 1 fully saturated rings. The van der Waals surface area contributed by atoms with Crippen LogP contribution in [0.4, 0.5) is 9.18 Å². The fourth-order valence-electron chi connectivity index (χ4n) is 2.93. The van der Waals surface area contributed by atoms with Gasteiger partial charge in [0.2, 0.25) is 5.95 Å². The van der Waals surface area contributed by atoms with Gasteiger partial charge in [-0.05, 0) is 61.7 Å². The molecule has 0 aromatic carbocycles. The molecular formula is C17H21BrFN3O2. The summed E-state index contributed by atoms with van der Waals surface area (Å²) in [5.74, 6) is -0.301. The first kappa shape index (κ1) is 17.2. The van der Waals surface area contributed by atoms with E-state index in [0.717, 1.165) is 4.47 Å². The largest absolute Gasteiger partial charge is 0.444 e. The number of likely N-dealkylation sites (tertiary alicyclic amines) is 1. The predicted molar refractivity (Wildman–Crippen MR) is 92.6 cm³/mol. The number of halogens is 2. The lowest BCUT2D eigenvalue weighted by Gasteiger charge is -2.32. The zero-order chi connectivity index (χ0) is 17.5. The summed E-state index contributed by atoms with van der Waals surface area (Å²) in [5, 5.41) is 0. The van der Waals surface area contributed by atoms with Gasteiger partial charge in [0, 0.05) is 29.7 Å². The molecule has 130 valence electrons. The number of piperidine rings is 1. The molecule has 0 unspecified atom stereocenters. The number of fused-ring (bicyclic) bond motifs is 1. The van der Waals surface area contributed by atoms with E-state index >= 15 is 0 Å². The molecule has 1 aliphatic rings. The fraction of sp³-hybridized carbons (Fsp3) is 0.529. The summed E-state index contributed by atoms with van der Waals surface area (Å²) >= 11 is 3.35. The van der Waals surface area contributed by atoms with Crippen molar-refractivity contribution in [2.45, 2.75) is 45.1 Å². The standard InChI is InChI=1S/C17H21BrFN3O2/c1-17(2,3)24-16(23)21-8-6-11(7-9-21)14-15(19)22-10-12(18)4-5-13(22)20-14/h4-5,10-11H,6-9H2,1-3H3. The average molecular weight is 398 g/mol. The Labute approximate surface area is 148 Å². The minimum Gasteiger partial charge on any atom is -0.444 e. The number of nitrogens with zero attached hydrogens (tertiary/aromatic N) is 3. The van der Waals surface area contributed by atoms with Crippen LogP contribution in [0.15, 0.2) is 22.8 Å². The Bertz CT molecular complexity index is 761. The lowest BCUT2D eigenvalue weighted by atomic mass is 9.94. The molecule has 1 amide bonds. The third kappa shape index (κ3) is 3.55. The van der Waals surface area contributed by atoms with Gasteiger partial charge in [-0.1, -0.05) is 0 Å². The highest BCUT2D eigenvalue weighted by atomic mass is 79.9. The van der Waals surface area contributed by atoms with Crippen molar-refractivity contribution in [3.63, 3.8) is 0 Å². The van der Waals surface area contributed by atoms with E-state index in [4.69, 9.17) is 4.74 Å². The molecule has 0 spiro atoms. The van der Waals surface area contributed by atoms with Crippen LogP contribution in [-0.4, -0.2) is 39.1 Å². The van der Waals surface area contributed by atoms with E-state index in [9.17, 15) is 9.18 Å². The van der Waals surface area contributed by atoms with E-state index < -0.39 is 5.60 Å². The molecule has 1 saturated heterocycles. The number of imidazole rings is 1. The highest BCUT2D eigenvalue weighted by Crippen LogP contribution is 2.30.